The molecule has 286 valence electrons. The molecule has 0 atom stereocenters. The SMILES string of the molecule is Cc1cc(Oc2[c-]c3c(cc2)c2cc(CCC(C)(C)C)ccc2n3-c2cc(C(C)(C)C)ccn2)[c-]c(-n2nc(C(C)C)c(-c3ccccc3)c2C(C)C)c1.[Pt+2]. The molecule has 3 heterocycles. The Bertz CT molecular complexity index is 2460. The van der Waals surface area contributed by atoms with Crippen LogP contribution in [0.25, 0.3) is 44.4 Å². The van der Waals surface area contributed by atoms with Gasteiger partial charge in [0, 0.05) is 28.8 Å². The van der Waals surface area contributed by atoms with Gasteiger partial charge in [-0.25, -0.2) is 4.98 Å². The van der Waals surface area contributed by atoms with Crippen LogP contribution in [-0.2, 0) is 32.9 Å². The van der Waals surface area contributed by atoms with Gasteiger partial charge >= 0.3 is 21.1 Å². The van der Waals surface area contributed by atoms with Crippen LogP contribution in [0.1, 0.15) is 116 Å². The van der Waals surface area contributed by atoms with E-state index in [4.69, 9.17) is 14.8 Å². The zero-order valence-electron chi connectivity index (χ0n) is 34.2. The standard InChI is InChI=1S/C49H54N4O.Pt/c1-31(2)46-45(35-15-13-12-14-16-35)47(32(3)4)53(51-46)37-25-33(5)26-39(29-37)54-38-18-19-40-41-27-34(21-23-48(6,7)8)17-20-42(41)52(43(40)30-38)44-28-36(22-24-50-44)49(9,10)11;/h12-20,22,24-28,31-32H,21,23H2,1-11H3;/q-2;+2. The Labute approximate surface area is 342 Å². The van der Waals surface area contributed by atoms with Crippen LogP contribution in [-0.4, -0.2) is 19.3 Å². The molecule has 0 spiro atoms. The molecule has 0 radical (unpaired) electrons. The van der Waals surface area contributed by atoms with Crippen LogP contribution in [0, 0.1) is 24.5 Å². The topological polar surface area (TPSA) is 44.9 Å². The van der Waals surface area contributed by atoms with E-state index in [0.717, 1.165) is 52.0 Å². The molecule has 0 aliphatic carbocycles. The maximum Gasteiger partial charge on any atom is 2.00 e. The summed E-state index contributed by atoms with van der Waals surface area (Å²) in [7, 11) is 0. The van der Waals surface area contributed by atoms with Gasteiger partial charge in [0.15, 0.2) is 0 Å². The van der Waals surface area contributed by atoms with E-state index in [2.05, 4.69) is 170 Å². The van der Waals surface area contributed by atoms with Crippen molar-refractivity contribution in [1.82, 2.24) is 19.3 Å². The van der Waals surface area contributed by atoms with Crippen LogP contribution in [0.4, 0.5) is 0 Å². The minimum atomic E-state index is -0.0188. The van der Waals surface area contributed by atoms with Gasteiger partial charge < -0.3 is 9.30 Å². The van der Waals surface area contributed by atoms with Crippen molar-refractivity contribution in [1.29, 1.82) is 0 Å². The molecule has 0 saturated heterocycles. The number of pyridine rings is 1. The van der Waals surface area contributed by atoms with Gasteiger partial charge in [-0.05, 0) is 81.5 Å². The van der Waals surface area contributed by atoms with Crippen molar-refractivity contribution in [2.24, 2.45) is 5.41 Å². The average Bonchev–Trinajstić information content (AvgIpc) is 3.67. The number of rotatable bonds is 9. The smallest absolute Gasteiger partial charge is 0.509 e. The van der Waals surface area contributed by atoms with E-state index < -0.39 is 0 Å². The Hall–Kier alpha value is -4.47. The fourth-order valence-electron chi connectivity index (χ4n) is 7.37. The summed E-state index contributed by atoms with van der Waals surface area (Å²) in [4.78, 5) is 4.91. The van der Waals surface area contributed by atoms with E-state index in [1.165, 1.54) is 33.3 Å². The van der Waals surface area contributed by atoms with Crippen molar-refractivity contribution in [3.8, 4) is 34.1 Å². The molecule has 6 heteroatoms. The van der Waals surface area contributed by atoms with Crippen molar-refractivity contribution >= 4 is 21.8 Å². The first kappa shape index (κ1) is 40.2. The zero-order valence-corrected chi connectivity index (χ0v) is 36.5. The summed E-state index contributed by atoms with van der Waals surface area (Å²) in [6.45, 7) is 24.6. The van der Waals surface area contributed by atoms with Gasteiger partial charge in [0.2, 0.25) is 0 Å². The molecule has 0 aliphatic rings. The molecule has 7 rings (SSSR count). The van der Waals surface area contributed by atoms with Crippen LogP contribution < -0.4 is 4.74 Å². The molecule has 55 heavy (non-hydrogen) atoms. The molecule has 0 aliphatic heterocycles. The quantitative estimate of drug-likeness (QED) is 0.136. The third-order valence-electron chi connectivity index (χ3n) is 10.2. The molecule has 3 aromatic heterocycles. The van der Waals surface area contributed by atoms with Gasteiger partial charge in [0.05, 0.1) is 11.4 Å². The summed E-state index contributed by atoms with van der Waals surface area (Å²) in [6.07, 6.45) is 4.07. The number of hydrogen-bond donors (Lipinski definition) is 0. The van der Waals surface area contributed by atoms with Gasteiger partial charge in [0.1, 0.15) is 5.82 Å². The van der Waals surface area contributed by atoms with Gasteiger partial charge in [-0.3, -0.25) is 4.68 Å². The summed E-state index contributed by atoms with van der Waals surface area (Å²) >= 11 is 0. The minimum Gasteiger partial charge on any atom is -0.509 e. The van der Waals surface area contributed by atoms with E-state index >= 15 is 0 Å². The predicted molar refractivity (Wildman–Crippen MR) is 225 cm³/mol. The minimum absolute atomic E-state index is 0. The second-order valence-corrected chi connectivity index (χ2v) is 17.7. The van der Waals surface area contributed by atoms with Crippen molar-refractivity contribution < 1.29 is 25.8 Å². The van der Waals surface area contributed by atoms with E-state index in [9.17, 15) is 0 Å². The number of aryl methyl sites for hydroxylation is 2. The molecule has 0 N–H and O–H groups in total. The number of benzene rings is 4. The van der Waals surface area contributed by atoms with E-state index in [1.54, 1.807) is 0 Å². The largest absolute Gasteiger partial charge is 2.00 e. The Morgan fingerprint density at radius 2 is 1.51 bits per heavy atom. The molecule has 0 fully saturated rings. The van der Waals surface area contributed by atoms with Crippen molar-refractivity contribution in [2.45, 2.75) is 106 Å². The van der Waals surface area contributed by atoms with Crippen molar-refractivity contribution in [3.63, 3.8) is 0 Å². The van der Waals surface area contributed by atoms with E-state index in [1.807, 2.05) is 18.3 Å². The van der Waals surface area contributed by atoms with Crippen LogP contribution in [0.5, 0.6) is 11.5 Å². The van der Waals surface area contributed by atoms with Gasteiger partial charge in [-0.15, -0.1) is 35.7 Å². The van der Waals surface area contributed by atoms with Crippen LogP contribution >= 0.6 is 0 Å². The van der Waals surface area contributed by atoms with E-state index in [0.29, 0.717) is 11.5 Å². The number of nitrogens with zero attached hydrogens (tertiary/aromatic N) is 4. The Balaban J connectivity index is 0.00000514. The Kier molecular flexibility index (Phi) is 11.4. The number of hydrogen-bond acceptors (Lipinski definition) is 3. The van der Waals surface area contributed by atoms with Gasteiger partial charge in [-0.1, -0.05) is 124 Å². The first-order valence-electron chi connectivity index (χ1n) is 19.4. The third kappa shape index (κ3) is 8.38. The molecule has 0 saturated carbocycles. The molecule has 7 aromatic rings. The molecule has 0 bridgehead atoms. The molecule has 0 unspecified atom stereocenters. The maximum absolute atomic E-state index is 6.68. The Morgan fingerprint density at radius 3 is 2.18 bits per heavy atom. The number of fused-ring (bicyclic) bond motifs is 3. The van der Waals surface area contributed by atoms with E-state index in [-0.39, 0.29) is 43.7 Å². The monoisotopic (exact) mass is 909 g/mol. The normalized spacial score (nSPS) is 12.2. The second kappa shape index (κ2) is 15.6. The molecular weight excluding hydrogens is 856 g/mol. The summed E-state index contributed by atoms with van der Waals surface area (Å²) in [6, 6.07) is 37.5. The first-order valence-corrected chi connectivity index (χ1v) is 19.4. The predicted octanol–water partition coefficient (Wildman–Crippen LogP) is 13.3. The summed E-state index contributed by atoms with van der Waals surface area (Å²) in [5, 5.41) is 7.57. The zero-order chi connectivity index (χ0) is 38.5. The summed E-state index contributed by atoms with van der Waals surface area (Å²) in [5.41, 5.74) is 11.4. The van der Waals surface area contributed by atoms with Crippen LogP contribution in [0.2, 0.25) is 0 Å². The first-order chi connectivity index (χ1) is 25.6. The third-order valence-corrected chi connectivity index (χ3v) is 10.2. The second-order valence-electron chi connectivity index (χ2n) is 17.7. The number of aromatic nitrogens is 4. The number of ether oxygens (including phenoxy) is 1. The molecule has 5 nitrogen and oxygen atoms in total. The average molecular weight is 910 g/mol. The van der Waals surface area contributed by atoms with Gasteiger partial charge in [-0.2, -0.15) is 16.7 Å². The van der Waals surface area contributed by atoms with Crippen molar-refractivity contribution in [2.75, 3.05) is 0 Å². The summed E-state index contributed by atoms with van der Waals surface area (Å²) < 4.78 is 11.0. The van der Waals surface area contributed by atoms with Crippen LogP contribution in [0.3, 0.4) is 0 Å². The Morgan fingerprint density at radius 1 is 0.764 bits per heavy atom. The molecule has 4 aromatic carbocycles. The van der Waals surface area contributed by atoms with Crippen molar-refractivity contribution in [3.05, 3.63) is 131 Å². The fourth-order valence-corrected chi connectivity index (χ4v) is 7.37. The maximum atomic E-state index is 6.68. The molecular formula is C49H54N4OPt. The fraction of sp³-hybridized carbons (Fsp3) is 0.347. The molecule has 0 amide bonds. The van der Waals surface area contributed by atoms with Crippen LogP contribution in [0.15, 0.2) is 91.1 Å². The van der Waals surface area contributed by atoms with Gasteiger partial charge in [0.25, 0.3) is 0 Å². The summed E-state index contributed by atoms with van der Waals surface area (Å²) in [5.74, 6) is 2.60.